The number of hydrogen-bond acceptors (Lipinski definition) is 2. The largest absolute Gasteiger partial charge is 0.496 e. The summed E-state index contributed by atoms with van der Waals surface area (Å²) in [4.78, 5) is 15.3. The molecule has 150 valence electrons. The number of amides is 1. The Labute approximate surface area is 192 Å². The van der Waals surface area contributed by atoms with Gasteiger partial charge in [-0.05, 0) is 82.0 Å². The fourth-order valence-electron chi connectivity index (χ4n) is 3.50. The molecule has 1 aliphatic rings. The molecule has 1 heterocycles. The Morgan fingerprint density at radius 3 is 2.40 bits per heavy atom. The van der Waals surface area contributed by atoms with Crippen molar-refractivity contribution >= 4 is 55.2 Å². The van der Waals surface area contributed by atoms with Gasteiger partial charge in [0, 0.05) is 10.0 Å². The molecule has 0 spiro atoms. The van der Waals surface area contributed by atoms with E-state index >= 15 is 0 Å². The second-order valence-corrected chi connectivity index (χ2v) is 8.73. The number of ether oxygens (including phenoxy) is 1. The summed E-state index contributed by atoms with van der Waals surface area (Å²) in [5, 5.41) is 0. The highest BCUT2D eigenvalue weighted by Crippen LogP contribution is 2.38. The Hall–Kier alpha value is -2.63. The molecule has 0 unspecified atom stereocenters. The Bertz CT molecular complexity index is 1180. The van der Waals surface area contributed by atoms with E-state index < -0.39 is 0 Å². The van der Waals surface area contributed by atoms with E-state index in [0.717, 1.165) is 42.8 Å². The van der Waals surface area contributed by atoms with E-state index in [4.69, 9.17) is 4.74 Å². The number of halogens is 2. The number of anilines is 1. The summed E-state index contributed by atoms with van der Waals surface area (Å²) >= 11 is 7.03. The summed E-state index contributed by atoms with van der Waals surface area (Å²) in [6, 6.07) is 21.7. The van der Waals surface area contributed by atoms with Crippen LogP contribution >= 0.6 is 31.9 Å². The predicted molar refractivity (Wildman–Crippen MR) is 129 cm³/mol. The first-order valence-electron chi connectivity index (χ1n) is 9.41. The quantitative estimate of drug-likeness (QED) is 0.344. The minimum absolute atomic E-state index is 0.0498. The fraction of sp³-hybridized carbons (Fsp3) is 0.0800. The number of carbonyl (C=O) groups is 1. The minimum Gasteiger partial charge on any atom is -0.496 e. The average Bonchev–Trinajstić information content (AvgIpc) is 3.05. The van der Waals surface area contributed by atoms with Crippen LogP contribution in [0.25, 0.3) is 11.8 Å². The van der Waals surface area contributed by atoms with Gasteiger partial charge in [-0.25, -0.2) is 0 Å². The summed E-state index contributed by atoms with van der Waals surface area (Å²) < 4.78 is 7.14. The van der Waals surface area contributed by atoms with Gasteiger partial charge in [0.1, 0.15) is 5.75 Å². The highest BCUT2D eigenvalue weighted by molar-refractivity contribution is 9.10. The Balaban J connectivity index is 1.82. The molecular formula is C25H19Br2NO2. The number of hydrogen-bond donors (Lipinski definition) is 0. The van der Waals surface area contributed by atoms with Crippen molar-refractivity contribution in [3.8, 4) is 5.75 Å². The number of nitrogens with zero attached hydrogens (tertiary/aromatic N) is 1. The zero-order chi connectivity index (χ0) is 21.3. The van der Waals surface area contributed by atoms with Gasteiger partial charge in [0.05, 0.1) is 23.0 Å². The number of rotatable bonds is 4. The van der Waals surface area contributed by atoms with Gasteiger partial charge < -0.3 is 4.74 Å². The van der Waals surface area contributed by atoms with Crippen molar-refractivity contribution in [1.82, 2.24) is 0 Å². The van der Waals surface area contributed by atoms with Crippen LogP contribution in [0.2, 0.25) is 0 Å². The van der Waals surface area contributed by atoms with Crippen LogP contribution in [-0.4, -0.2) is 13.0 Å². The van der Waals surface area contributed by atoms with Crippen LogP contribution in [0.5, 0.6) is 5.75 Å². The normalized spacial score (nSPS) is 14.9. The smallest absolute Gasteiger partial charge is 0.262 e. The lowest BCUT2D eigenvalue weighted by atomic mass is 10.1. The topological polar surface area (TPSA) is 29.5 Å². The molecule has 3 nitrogen and oxygen atoms in total. The zero-order valence-electron chi connectivity index (χ0n) is 16.5. The van der Waals surface area contributed by atoms with Gasteiger partial charge in [-0.1, -0.05) is 52.3 Å². The highest BCUT2D eigenvalue weighted by atomic mass is 79.9. The summed E-state index contributed by atoms with van der Waals surface area (Å²) in [5.74, 6) is 0.703. The second kappa shape index (κ2) is 8.62. The van der Waals surface area contributed by atoms with Gasteiger partial charge in [0.25, 0.3) is 5.91 Å². The molecule has 0 saturated carbocycles. The highest BCUT2D eigenvalue weighted by Gasteiger charge is 2.31. The Morgan fingerprint density at radius 2 is 1.73 bits per heavy atom. The molecule has 1 amide bonds. The number of aryl methyl sites for hydroxylation is 1. The molecule has 0 N–H and O–H groups in total. The van der Waals surface area contributed by atoms with Gasteiger partial charge in [-0.2, -0.15) is 0 Å². The minimum atomic E-state index is -0.0498. The predicted octanol–water partition coefficient (Wildman–Crippen LogP) is 7.00. The molecule has 30 heavy (non-hydrogen) atoms. The van der Waals surface area contributed by atoms with E-state index in [1.54, 1.807) is 12.0 Å². The lowest BCUT2D eigenvalue weighted by Crippen LogP contribution is -2.25. The maximum Gasteiger partial charge on any atom is 0.262 e. The van der Waals surface area contributed by atoms with Crippen molar-refractivity contribution in [3.05, 3.63) is 104 Å². The third kappa shape index (κ3) is 4.00. The van der Waals surface area contributed by atoms with Crippen LogP contribution in [0.4, 0.5) is 5.69 Å². The molecule has 4 rings (SSSR count). The van der Waals surface area contributed by atoms with Crippen LogP contribution < -0.4 is 9.64 Å². The molecule has 0 radical (unpaired) electrons. The van der Waals surface area contributed by atoms with Gasteiger partial charge in [-0.3, -0.25) is 9.69 Å². The van der Waals surface area contributed by atoms with Crippen LogP contribution in [0, 0.1) is 6.92 Å². The summed E-state index contributed by atoms with van der Waals surface area (Å²) in [6.45, 7) is 2.01. The number of methoxy groups -OCH3 is 1. The van der Waals surface area contributed by atoms with Crippen molar-refractivity contribution in [3.63, 3.8) is 0 Å². The molecule has 0 saturated heterocycles. The molecule has 3 aromatic rings. The first-order chi connectivity index (χ1) is 14.5. The van der Waals surface area contributed by atoms with Crippen LogP contribution in [0.3, 0.4) is 0 Å². The summed E-state index contributed by atoms with van der Waals surface area (Å²) in [5.41, 5.74) is 5.31. The van der Waals surface area contributed by atoms with E-state index in [0.29, 0.717) is 5.57 Å². The van der Waals surface area contributed by atoms with Crippen molar-refractivity contribution < 1.29 is 9.53 Å². The van der Waals surface area contributed by atoms with Crippen molar-refractivity contribution in [2.45, 2.75) is 6.92 Å². The van der Waals surface area contributed by atoms with E-state index in [1.807, 2.05) is 85.8 Å². The third-order valence-corrected chi connectivity index (χ3v) is 6.06. The first-order valence-corrected chi connectivity index (χ1v) is 11.0. The Morgan fingerprint density at radius 1 is 0.967 bits per heavy atom. The standard InChI is InChI=1S/C25H19Br2NO2/c1-16-12-20(26)9-10-22(16)28-23(18-6-4-3-5-7-18)15-19(25(28)29)13-17-8-11-24(30-2)21(27)14-17/h3-15H,1-2H3/b19-13-. The van der Waals surface area contributed by atoms with Crippen molar-refractivity contribution in [1.29, 1.82) is 0 Å². The van der Waals surface area contributed by atoms with E-state index in [2.05, 4.69) is 31.9 Å². The zero-order valence-corrected chi connectivity index (χ0v) is 19.7. The third-order valence-electron chi connectivity index (χ3n) is 4.95. The van der Waals surface area contributed by atoms with Gasteiger partial charge in [-0.15, -0.1) is 0 Å². The van der Waals surface area contributed by atoms with E-state index in [-0.39, 0.29) is 5.91 Å². The molecule has 5 heteroatoms. The molecule has 0 aliphatic carbocycles. The summed E-state index contributed by atoms with van der Waals surface area (Å²) in [6.07, 6.45) is 3.86. The van der Waals surface area contributed by atoms with Crippen LogP contribution in [0.1, 0.15) is 16.7 Å². The molecule has 0 bridgehead atoms. The second-order valence-electron chi connectivity index (χ2n) is 6.96. The molecule has 0 atom stereocenters. The first kappa shape index (κ1) is 20.6. The number of carbonyl (C=O) groups excluding carboxylic acids is 1. The Kier molecular flexibility index (Phi) is 5.93. The maximum absolute atomic E-state index is 13.5. The van der Waals surface area contributed by atoms with Crippen molar-refractivity contribution in [2.75, 3.05) is 12.0 Å². The molecule has 0 aromatic heterocycles. The monoisotopic (exact) mass is 523 g/mol. The van der Waals surface area contributed by atoms with E-state index in [9.17, 15) is 4.79 Å². The number of benzene rings is 3. The molecule has 1 aliphatic heterocycles. The van der Waals surface area contributed by atoms with Gasteiger partial charge >= 0.3 is 0 Å². The van der Waals surface area contributed by atoms with Crippen LogP contribution in [0.15, 0.2) is 87.3 Å². The average molecular weight is 525 g/mol. The van der Waals surface area contributed by atoms with Gasteiger partial charge in [0.15, 0.2) is 0 Å². The lowest BCUT2D eigenvalue weighted by molar-refractivity contribution is -0.113. The van der Waals surface area contributed by atoms with Crippen LogP contribution in [-0.2, 0) is 4.79 Å². The van der Waals surface area contributed by atoms with E-state index in [1.165, 1.54) is 0 Å². The lowest BCUT2D eigenvalue weighted by Gasteiger charge is -2.23. The summed E-state index contributed by atoms with van der Waals surface area (Å²) in [7, 11) is 1.63. The molecule has 3 aromatic carbocycles. The van der Waals surface area contributed by atoms with Crippen molar-refractivity contribution in [2.24, 2.45) is 0 Å². The molecular weight excluding hydrogens is 506 g/mol. The fourth-order valence-corrected chi connectivity index (χ4v) is 4.53. The molecule has 0 fully saturated rings. The SMILES string of the molecule is COc1ccc(/C=C2/C=C(c3ccccc3)N(c3ccc(Br)cc3C)C2=O)cc1Br. The van der Waals surface area contributed by atoms with Gasteiger partial charge in [0.2, 0.25) is 0 Å². The maximum atomic E-state index is 13.5.